The highest BCUT2D eigenvalue weighted by Gasteiger charge is 2.16. The van der Waals surface area contributed by atoms with Gasteiger partial charge in [0.2, 0.25) is 5.91 Å². The minimum Gasteiger partial charge on any atom is -0.378 e. The third-order valence-electron chi connectivity index (χ3n) is 2.86. The zero-order valence-corrected chi connectivity index (χ0v) is 12.2. The van der Waals surface area contributed by atoms with Gasteiger partial charge in [-0.2, -0.15) is 0 Å². The van der Waals surface area contributed by atoms with E-state index in [0.717, 1.165) is 6.42 Å². The normalized spacial score (nSPS) is 11.8. The van der Waals surface area contributed by atoms with Crippen molar-refractivity contribution in [1.82, 2.24) is 5.32 Å². The maximum atomic E-state index is 11.6. The fourth-order valence-electron chi connectivity index (χ4n) is 1.59. The van der Waals surface area contributed by atoms with Gasteiger partial charge in [-0.3, -0.25) is 14.9 Å². The molecule has 110 valence electrons. The molecule has 0 spiro atoms. The highest BCUT2D eigenvalue weighted by atomic mass is 35.5. The maximum absolute atomic E-state index is 11.6. The van der Waals surface area contributed by atoms with E-state index in [2.05, 4.69) is 10.6 Å². The number of halogens is 1. The van der Waals surface area contributed by atoms with E-state index in [-0.39, 0.29) is 41.3 Å². The Morgan fingerprint density at radius 2 is 2.20 bits per heavy atom. The topological polar surface area (TPSA) is 84.3 Å². The van der Waals surface area contributed by atoms with E-state index in [1.165, 1.54) is 12.1 Å². The largest absolute Gasteiger partial charge is 0.378 e. The fraction of sp³-hybridized carbons (Fsp3) is 0.462. The number of benzene rings is 1. The molecule has 1 amide bonds. The van der Waals surface area contributed by atoms with Crippen molar-refractivity contribution in [3.63, 3.8) is 0 Å². The van der Waals surface area contributed by atoms with Crippen molar-refractivity contribution in [3.8, 4) is 0 Å². The van der Waals surface area contributed by atoms with E-state index in [1.807, 2.05) is 13.8 Å². The van der Waals surface area contributed by atoms with Crippen LogP contribution in [0.2, 0.25) is 5.02 Å². The summed E-state index contributed by atoms with van der Waals surface area (Å²) in [6.07, 6.45) is 1.09. The van der Waals surface area contributed by atoms with Crippen LogP contribution in [0.3, 0.4) is 0 Å². The lowest BCUT2D eigenvalue weighted by molar-refractivity contribution is -0.383. The molecule has 1 aromatic carbocycles. The summed E-state index contributed by atoms with van der Waals surface area (Å²) >= 11 is 5.93. The van der Waals surface area contributed by atoms with Gasteiger partial charge >= 0.3 is 0 Å². The van der Waals surface area contributed by atoms with Crippen LogP contribution < -0.4 is 10.6 Å². The van der Waals surface area contributed by atoms with Crippen LogP contribution in [0.4, 0.5) is 11.4 Å². The van der Waals surface area contributed by atoms with Gasteiger partial charge in [0.1, 0.15) is 5.69 Å². The molecule has 7 heteroatoms. The van der Waals surface area contributed by atoms with Crippen LogP contribution in [0.1, 0.15) is 26.7 Å². The van der Waals surface area contributed by atoms with Gasteiger partial charge in [-0.15, -0.1) is 0 Å². The number of hydrogen-bond acceptors (Lipinski definition) is 4. The van der Waals surface area contributed by atoms with Crippen LogP contribution in [-0.2, 0) is 4.79 Å². The highest BCUT2D eigenvalue weighted by Crippen LogP contribution is 2.31. The van der Waals surface area contributed by atoms with E-state index in [4.69, 9.17) is 11.6 Å². The standard InChI is InChI=1S/C13H18ClN3O3/c1-3-9(2)16-12(18)7-8-15-13-10(14)5-4-6-11(13)17(19)20/h4-6,9,15H,3,7-8H2,1-2H3,(H,16,18). The summed E-state index contributed by atoms with van der Waals surface area (Å²) in [4.78, 5) is 22.0. The van der Waals surface area contributed by atoms with Crippen LogP contribution >= 0.6 is 11.6 Å². The molecule has 0 saturated heterocycles. The number of carbonyl (C=O) groups excluding carboxylic acids is 1. The lowest BCUT2D eigenvalue weighted by atomic mass is 10.2. The van der Waals surface area contributed by atoms with E-state index >= 15 is 0 Å². The fourth-order valence-corrected chi connectivity index (χ4v) is 1.83. The second kappa shape index (κ2) is 7.69. The third kappa shape index (κ3) is 4.70. The van der Waals surface area contributed by atoms with Crippen molar-refractivity contribution in [2.24, 2.45) is 0 Å². The quantitative estimate of drug-likeness (QED) is 0.599. The molecule has 1 atom stereocenters. The van der Waals surface area contributed by atoms with Gasteiger partial charge < -0.3 is 10.6 Å². The lowest BCUT2D eigenvalue weighted by Gasteiger charge is -2.12. The van der Waals surface area contributed by atoms with Gasteiger partial charge in [0.15, 0.2) is 0 Å². The average Bonchev–Trinajstić information content (AvgIpc) is 2.40. The van der Waals surface area contributed by atoms with E-state index in [1.54, 1.807) is 6.07 Å². The van der Waals surface area contributed by atoms with Crippen molar-refractivity contribution in [2.45, 2.75) is 32.7 Å². The average molecular weight is 300 g/mol. The molecule has 0 radical (unpaired) electrons. The van der Waals surface area contributed by atoms with Gasteiger partial charge in [0, 0.05) is 25.1 Å². The Kier molecular flexibility index (Phi) is 6.24. The number of amides is 1. The molecular weight excluding hydrogens is 282 g/mol. The molecule has 0 bridgehead atoms. The summed E-state index contributed by atoms with van der Waals surface area (Å²) in [6.45, 7) is 4.19. The van der Waals surface area contributed by atoms with Gasteiger partial charge in [-0.25, -0.2) is 0 Å². The Balaban J connectivity index is 2.58. The molecule has 6 nitrogen and oxygen atoms in total. The minimum absolute atomic E-state index is 0.0958. The molecule has 1 aromatic rings. The van der Waals surface area contributed by atoms with Crippen molar-refractivity contribution >= 4 is 28.9 Å². The Hall–Kier alpha value is -1.82. The predicted molar refractivity (Wildman–Crippen MR) is 79.1 cm³/mol. The molecule has 0 saturated carbocycles. The summed E-state index contributed by atoms with van der Waals surface area (Å²) in [5, 5.41) is 16.8. The van der Waals surface area contributed by atoms with Gasteiger partial charge in [-0.05, 0) is 19.4 Å². The molecule has 20 heavy (non-hydrogen) atoms. The SMILES string of the molecule is CCC(C)NC(=O)CCNc1c(Cl)cccc1[N+](=O)[O-]. The number of carbonyl (C=O) groups is 1. The third-order valence-corrected chi connectivity index (χ3v) is 3.18. The molecule has 0 fully saturated rings. The Morgan fingerprint density at radius 3 is 2.80 bits per heavy atom. The first kappa shape index (κ1) is 16.2. The molecule has 0 aliphatic rings. The van der Waals surface area contributed by atoms with Crippen LogP contribution in [0.5, 0.6) is 0 Å². The number of hydrogen-bond donors (Lipinski definition) is 2. The summed E-state index contributed by atoms with van der Waals surface area (Å²) in [7, 11) is 0. The number of nitro benzene ring substituents is 1. The second-order valence-electron chi connectivity index (χ2n) is 4.44. The number of nitrogens with zero attached hydrogens (tertiary/aromatic N) is 1. The summed E-state index contributed by atoms with van der Waals surface area (Å²) in [6, 6.07) is 4.57. The first-order valence-electron chi connectivity index (χ1n) is 6.41. The Bertz CT molecular complexity index is 494. The number of nitrogens with one attached hydrogen (secondary N) is 2. The monoisotopic (exact) mass is 299 g/mol. The molecule has 1 rings (SSSR count). The van der Waals surface area contributed by atoms with E-state index in [0.29, 0.717) is 0 Å². The lowest BCUT2D eigenvalue weighted by Crippen LogP contribution is -2.33. The maximum Gasteiger partial charge on any atom is 0.293 e. The van der Waals surface area contributed by atoms with Crippen molar-refractivity contribution < 1.29 is 9.72 Å². The van der Waals surface area contributed by atoms with Crippen molar-refractivity contribution in [1.29, 1.82) is 0 Å². The van der Waals surface area contributed by atoms with Crippen LogP contribution in [0, 0.1) is 10.1 Å². The van der Waals surface area contributed by atoms with Gasteiger partial charge in [0.05, 0.1) is 9.95 Å². The molecule has 0 heterocycles. The van der Waals surface area contributed by atoms with Crippen molar-refractivity contribution in [2.75, 3.05) is 11.9 Å². The molecule has 1 unspecified atom stereocenters. The zero-order valence-electron chi connectivity index (χ0n) is 11.5. The molecule has 0 aromatic heterocycles. The first-order chi connectivity index (χ1) is 9.45. The smallest absolute Gasteiger partial charge is 0.293 e. The number of anilines is 1. The highest BCUT2D eigenvalue weighted by molar-refractivity contribution is 6.33. The molecular formula is C13H18ClN3O3. The second-order valence-corrected chi connectivity index (χ2v) is 4.85. The molecule has 0 aliphatic carbocycles. The van der Waals surface area contributed by atoms with Crippen molar-refractivity contribution in [3.05, 3.63) is 33.3 Å². The van der Waals surface area contributed by atoms with Crippen LogP contribution in [0.15, 0.2) is 18.2 Å². The van der Waals surface area contributed by atoms with Crippen LogP contribution in [0.25, 0.3) is 0 Å². The zero-order chi connectivity index (χ0) is 15.1. The van der Waals surface area contributed by atoms with Crippen LogP contribution in [-0.4, -0.2) is 23.4 Å². The summed E-state index contributed by atoms with van der Waals surface area (Å²) < 4.78 is 0. The number of para-hydroxylation sites is 1. The molecule has 2 N–H and O–H groups in total. The first-order valence-corrected chi connectivity index (χ1v) is 6.79. The number of rotatable bonds is 7. The summed E-state index contributed by atoms with van der Waals surface area (Å²) in [5.41, 5.74) is 0.148. The Labute approximate surface area is 122 Å². The minimum atomic E-state index is -0.507. The predicted octanol–water partition coefficient (Wildman–Crippen LogP) is 2.96. The van der Waals surface area contributed by atoms with E-state index < -0.39 is 4.92 Å². The number of nitro groups is 1. The summed E-state index contributed by atoms with van der Waals surface area (Å²) in [5.74, 6) is -0.0958. The molecule has 0 aliphatic heterocycles. The Morgan fingerprint density at radius 1 is 1.50 bits per heavy atom. The van der Waals surface area contributed by atoms with Gasteiger partial charge in [0.25, 0.3) is 5.69 Å². The van der Waals surface area contributed by atoms with Gasteiger partial charge in [-0.1, -0.05) is 24.6 Å². The van der Waals surface area contributed by atoms with E-state index in [9.17, 15) is 14.9 Å².